The highest BCUT2D eigenvalue weighted by Crippen LogP contribution is 2.26. The number of rotatable bonds is 5. The van der Waals surface area contributed by atoms with Crippen LogP contribution in [-0.4, -0.2) is 6.54 Å². The van der Waals surface area contributed by atoms with Crippen molar-refractivity contribution in [2.75, 3.05) is 6.54 Å². The predicted molar refractivity (Wildman–Crippen MR) is 77.9 cm³/mol. The van der Waals surface area contributed by atoms with E-state index in [4.69, 9.17) is 11.6 Å². The van der Waals surface area contributed by atoms with Gasteiger partial charge >= 0.3 is 0 Å². The largest absolute Gasteiger partial charge is 0.310 e. The Balaban J connectivity index is 2.26. The van der Waals surface area contributed by atoms with Gasteiger partial charge in [-0.3, -0.25) is 0 Å². The van der Waals surface area contributed by atoms with Gasteiger partial charge in [0.05, 0.1) is 5.02 Å². The molecular weight excluding hydrogens is 280 g/mol. The van der Waals surface area contributed by atoms with Gasteiger partial charge in [-0.1, -0.05) is 42.8 Å². The molecule has 0 bridgehead atoms. The molecule has 0 radical (unpaired) electrons. The summed E-state index contributed by atoms with van der Waals surface area (Å²) in [6, 6.07) is 11.0. The van der Waals surface area contributed by atoms with Crippen molar-refractivity contribution < 1.29 is 8.78 Å². The minimum Gasteiger partial charge on any atom is -0.310 e. The van der Waals surface area contributed by atoms with Crippen LogP contribution in [0, 0.1) is 11.6 Å². The quantitative estimate of drug-likeness (QED) is 0.855. The molecule has 2 rings (SSSR count). The average molecular weight is 296 g/mol. The minimum atomic E-state index is -0.401. The fourth-order valence-electron chi connectivity index (χ4n) is 2.18. The van der Waals surface area contributed by atoms with E-state index < -0.39 is 5.82 Å². The number of nitrogens with one attached hydrogen (secondary N) is 1. The molecule has 2 aromatic carbocycles. The molecule has 0 fully saturated rings. The number of hydrogen-bond acceptors (Lipinski definition) is 1. The summed E-state index contributed by atoms with van der Waals surface area (Å²) in [4.78, 5) is 0. The topological polar surface area (TPSA) is 12.0 Å². The Bertz CT molecular complexity index is 569. The first kappa shape index (κ1) is 14.9. The van der Waals surface area contributed by atoms with E-state index in [9.17, 15) is 8.78 Å². The molecule has 106 valence electrons. The van der Waals surface area contributed by atoms with Crippen LogP contribution in [0.5, 0.6) is 0 Å². The maximum absolute atomic E-state index is 14.1. The fraction of sp³-hybridized carbons (Fsp3) is 0.250. The van der Waals surface area contributed by atoms with Crippen LogP contribution in [-0.2, 0) is 6.42 Å². The van der Waals surface area contributed by atoms with E-state index in [2.05, 4.69) is 5.32 Å². The molecule has 0 amide bonds. The lowest BCUT2D eigenvalue weighted by Crippen LogP contribution is -2.24. The first-order valence-electron chi connectivity index (χ1n) is 6.53. The van der Waals surface area contributed by atoms with Gasteiger partial charge in [-0.2, -0.15) is 0 Å². The molecule has 0 spiro atoms. The van der Waals surface area contributed by atoms with Crippen LogP contribution in [0.3, 0.4) is 0 Å². The lowest BCUT2D eigenvalue weighted by atomic mass is 9.98. The lowest BCUT2D eigenvalue weighted by Gasteiger charge is -2.19. The summed E-state index contributed by atoms with van der Waals surface area (Å²) >= 11 is 5.83. The number of benzene rings is 2. The summed E-state index contributed by atoms with van der Waals surface area (Å²) in [7, 11) is 0. The average Bonchev–Trinajstić information content (AvgIpc) is 2.44. The zero-order chi connectivity index (χ0) is 14.5. The van der Waals surface area contributed by atoms with E-state index in [0.717, 1.165) is 5.56 Å². The third-order valence-electron chi connectivity index (χ3n) is 3.16. The van der Waals surface area contributed by atoms with Crippen LogP contribution in [0.15, 0.2) is 42.5 Å². The van der Waals surface area contributed by atoms with Gasteiger partial charge in [0.2, 0.25) is 0 Å². The van der Waals surface area contributed by atoms with Crippen molar-refractivity contribution in [3.63, 3.8) is 0 Å². The molecule has 1 N–H and O–H groups in total. The molecule has 1 unspecified atom stereocenters. The van der Waals surface area contributed by atoms with Crippen molar-refractivity contribution in [2.45, 2.75) is 19.4 Å². The highest BCUT2D eigenvalue weighted by atomic mass is 35.5. The third-order valence-corrected chi connectivity index (χ3v) is 3.45. The summed E-state index contributed by atoms with van der Waals surface area (Å²) in [5.74, 6) is -0.676. The summed E-state index contributed by atoms with van der Waals surface area (Å²) in [6.45, 7) is 2.66. The predicted octanol–water partition coefficient (Wildman–Crippen LogP) is 4.51. The third kappa shape index (κ3) is 3.56. The van der Waals surface area contributed by atoms with Crippen LogP contribution in [0.25, 0.3) is 0 Å². The molecule has 2 aromatic rings. The standard InChI is InChI=1S/C16H16ClF2N/c1-2-20-15(10-11-6-8-12(18)9-7-11)13-4-3-5-14(17)16(13)19/h3-9,15,20H,2,10H2,1H3. The normalized spacial score (nSPS) is 12.4. The van der Waals surface area contributed by atoms with Crippen molar-refractivity contribution >= 4 is 11.6 Å². The molecule has 0 aromatic heterocycles. The second-order valence-electron chi connectivity index (χ2n) is 4.58. The van der Waals surface area contributed by atoms with Crippen molar-refractivity contribution in [1.82, 2.24) is 5.32 Å². The second kappa shape index (κ2) is 6.82. The summed E-state index contributed by atoms with van der Waals surface area (Å²) in [5, 5.41) is 3.35. The molecule has 0 aliphatic carbocycles. The molecule has 0 heterocycles. The van der Waals surface area contributed by atoms with E-state index >= 15 is 0 Å². The highest BCUT2D eigenvalue weighted by Gasteiger charge is 2.17. The van der Waals surface area contributed by atoms with E-state index in [1.165, 1.54) is 18.2 Å². The number of hydrogen-bond donors (Lipinski definition) is 1. The van der Waals surface area contributed by atoms with Crippen molar-refractivity contribution in [3.05, 3.63) is 70.2 Å². The van der Waals surface area contributed by atoms with E-state index in [1.807, 2.05) is 6.92 Å². The highest BCUT2D eigenvalue weighted by molar-refractivity contribution is 6.30. The smallest absolute Gasteiger partial charge is 0.146 e. The molecule has 20 heavy (non-hydrogen) atoms. The maximum atomic E-state index is 14.1. The molecule has 1 atom stereocenters. The zero-order valence-corrected chi connectivity index (χ0v) is 11.9. The zero-order valence-electron chi connectivity index (χ0n) is 11.2. The summed E-state index contributed by atoms with van der Waals surface area (Å²) < 4.78 is 27.0. The van der Waals surface area contributed by atoms with E-state index in [1.54, 1.807) is 24.3 Å². The molecule has 0 saturated carbocycles. The van der Waals surface area contributed by atoms with Crippen LogP contribution < -0.4 is 5.32 Å². The first-order valence-corrected chi connectivity index (χ1v) is 6.91. The van der Waals surface area contributed by atoms with Gasteiger partial charge < -0.3 is 5.32 Å². The van der Waals surface area contributed by atoms with Crippen LogP contribution >= 0.6 is 11.6 Å². The summed E-state index contributed by atoms with van der Waals surface area (Å²) in [5.41, 5.74) is 1.47. The molecule has 0 aliphatic rings. The van der Waals surface area contributed by atoms with Gasteiger partial charge in [0.1, 0.15) is 11.6 Å². The lowest BCUT2D eigenvalue weighted by molar-refractivity contribution is 0.510. The van der Waals surface area contributed by atoms with Crippen LogP contribution in [0.2, 0.25) is 5.02 Å². The fourth-order valence-corrected chi connectivity index (χ4v) is 2.37. The number of likely N-dealkylation sites (N-methyl/N-ethyl adjacent to an activating group) is 1. The SMILES string of the molecule is CCNC(Cc1ccc(F)cc1)c1cccc(Cl)c1F. The van der Waals surface area contributed by atoms with Crippen LogP contribution in [0.1, 0.15) is 24.1 Å². The maximum Gasteiger partial charge on any atom is 0.146 e. The van der Waals surface area contributed by atoms with E-state index in [-0.39, 0.29) is 16.9 Å². The molecule has 0 aliphatic heterocycles. The first-order chi connectivity index (χ1) is 9.61. The molecule has 0 saturated heterocycles. The van der Waals surface area contributed by atoms with Crippen molar-refractivity contribution in [3.8, 4) is 0 Å². The Morgan fingerprint density at radius 2 is 1.80 bits per heavy atom. The van der Waals surface area contributed by atoms with Gasteiger partial charge in [0.15, 0.2) is 0 Å². The van der Waals surface area contributed by atoms with Crippen molar-refractivity contribution in [2.24, 2.45) is 0 Å². The van der Waals surface area contributed by atoms with Gasteiger partial charge in [0.25, 0.3) is 0 Å². The second-order valence-corrected chi connectivity index (χ2v) is 4.99. The van der Waals surface area contributed by atoms with Crippen LogP contribution in [0.4, 0.5) is 8.78 Å². The minimum absolute atomic E-state index is 0.115. The Morgan fingerprint density at radius 1 is 1.10 bits per heavy atom. The molecule has 1 nitrogen and oxygen atoms in total. The van der Waals surface area contributed by atoms with Gasteiger partial charge in [-0.25, -0.2) is 8.78 Å². The molecule has 4 heteroatoms. The van der Waals surface area contributed by atoms with E-state index in [0.29, 0.717) is 18.5 Å². The van der Waals surface area contributed by atoms with Crippen molar-refractivity contribution in [1.29, 1.82) is 0 Å². The van der Waals surface area contributed by atoms with Gasteiger partial charge in [0, 0.05) is 11.6 Å². The van der Waals surface area contributed by atoms with Gasteiger partial charge in [-0.05, 0) is 36.7 Å². The Morgan fingerprint density at radius 3 is 2.45 bits per heavy atom. The Hall–Kier alpha value is -1.45. The Kier molecular flexibility index (Phi) is 5.10. The Labute approximate surface area is 122 Å². The monoisotopic (exact) mass is 295 g/mol. The summed E-state index contributed by atoms with van der Waals surface area (Å²) in [6.07, 6.45) is 0.575. The van der Waals surface area contributed by atoms with Gasteiger partial charge in [-0.15, -0.1) is 0 Å². The number of halogens is 3. The molecular formula is C16H16ClF2N.